The Morgan fingerprint density at radius 2 is 0.505 bits per heavy atom. The van der Waals surface area contributed by atoms with Crippen molar-refractivity contribution in [1.29, 1.82) is 0 Å². The maximum Gasteiger partial charge on any atom is 0.248 e. The lowest BCUT2D eigenvalue weighted by Gasteiger charge is -2.46. The van der Waals surface area contributed by atoms with Crippen LogP contribution in [0.5, 0.6) is 0 Å². The van der Waals surface area contributed by atoms with E-state index in [2.05, 4.69) is 132 Å². The van der Waals surface area contributed by atoms with Gasteiger partial charge in [0.15, 0.2) is 5.67 Å². The maximum absolute atomic E-state index is 13.7. The molecule has 2 saturated heterocycles. The van der Waals surface area contributed by atoms with Gasteiger partial charge in [-0.15, -0.1) is 0 Å². The molecule has 13 heteroatoms. The van der Waals surface area contributed by atoms with Crippen molar-refractivity contribution in [3.63, 3.8) is 0 Å². The lowest BCUT2D eigenvalue weighted by atomic mass is 9.67. The fourth-order valence-corrected chi connectivity index (χ4v) is 13.5. The molecule has 1 aliphatic carbocycles. The van der Waals surface area contributed by atoms with Crippen LogP contribution in [0.25, 0.3) is 0 Å². The zero-order valence-corrected chi connectivity index (χ0v) is 76.9. The van der Waals surface area contributed by atoms with E-state index in [0.717, 1.165) is 142 Å². The van der Waals surface area contributed by atoms with E-state index in [1.807, 2.05) is 76.2 Å². The van der Waals surface area contributed by atoms with Crippen molar-refractivity contribution in [3.05, 3.63) is 0 Å². The van der Waals surface area contributed by atoms with Crippen molar-refractivity contribution in [2.45, 2.75) is 529 Å². The number of alkyl halides is 11. The van der Waals surface area contributed by atoms with Gasteiger partial charge in [-0.05, 0) is 147 Å². The monoisotopic (exact) mass is 1560 g/mol. The largest absolute Gasteiger partial charge is 0.380 e. The minimum atomic E-state index is -2.51. The molecule has 0 N–H and O–H groups in total. The van der Waals surface area contributed by atoms with Crippen LogP contribution in [0.3, 0.4) is 0 Å². The average molecular weight is 1560 g/mol. The van der Waals surface area contributed by atoms with Crippen molar-refractivity contribution in [1.82, 2.24) is 0 Å². The second-order valence-corrected chi connectivity index (χ2v) is 37.7. The summed E-state index contributed by atoms with van der Waals surface area (Å²) < 4.78 is 155. The Morgan fingerprint density at radius 1 is 0.280 bits per heavy atom. The van der Waals surface area contributed by atoms with E-state index in [1.165, 1.54) is 25.7 Å². The van der Waals surface area contributed by atoms with Gasteiger partial charge in [0.25, 0.3) is 0 Å². The molecule has 0 radical (unpaired) electrons. The van der Waals surface area contributed by atoms with Crippen LogP contribution in [0.1, 0.15) is 482 Å². The summed E-state index contributed by atoms with van der Waals surface area (Å²) in [5, 5.41) is 0. The normalized spacial score (nSPS) is 17.1. The second-order valence-electron chi connectivity index (χ2n) is 37.7. The molecule has 658 valence electrons. The summed E-state index contributed by atoms with van der Waals surface area (Å²) in [5.74, 6) is -7.46. The van der Waals surface area contributed by atoms with Gasteiger partial charge in [-0.25, -0.2) is 48.3 Å². The van der Waals surface area contributed by atoms with Crippen molar-refractivity contribution < 1.29 is 57.8 Å². The Morgan fingerprint density at radius 3 is 0.654 bits per heavy atom. The Hall–Kier alpha value is -0.850. The molecule has 3 atom stereocenters. The van der Waals surface area contributed by atoms with Crippen LogP contribution in [-0.4, -0.2) is 73.0 Å². The van der Waals surface area contributed by atoms with Crippen LogP contribution in [-0.2, 0) is 9.47 Å². The van der Waals surface area contributed by atoms with E-state index in [9.17, 15) is 48.3 Å². The highest BCUT2D eigenvalue weighted by atomic mass is 19.3. The Labute approximate surface area is 664 Å². The van der Waals surface area contributed by atoms with Crippen LogP contribution >= 0.6 is 0 Å². The first-order valence-corrected chi connectivity index (χ1v) is 43.3. The molecule has 0 aromatic carbocycles. The molecule has 3 rings (SSSR count). The summed E-state index contributed by atoms with van der Waals surface area (Å²) >= 11 is 0. The van der Waals surface area contributed by atoms with E-state index in [1.54, 1.807) is 34.6 Å². The van der Waals surface area contributed by atoms with E-state index < -0.39 is 46.6 Å². The van der Waals surface area contributed by atoms with Gasteiger partial charge < -0.3 is 9.47 Å². The molecule has 0 amide bonds. The van der Waals surface area contributed by atoms with Crippen LogP contribution in [0.4, 0.5) is 48.3 Å². The van der Waals surface area contributed by atoms with Gasteiger partial charge in [0, 0.05) is 37.5 Å². The van der Waals surface area contributed by atoms with Crippen molar-refractivity contribution in [3.8, 4) is 0 Å². The molecule has 1 saturated carbocycles. The maximum atomic E-state index is 13.7. The van der Waals surface area contributed by atoms with Gasteiger partial charge in [-0.1, -0.05) is 352 Å². The Bertz CT molecular complexity index is 1830. The smallest absolute Gasteiger partial charge is 0.248 e. The third-order valence-electron chi connectivity index (χ3n) is 27.7. The highest BCUT2D eigenvalue weighted by Crippen LogP contribution is 2.51. The first-order valence-electron chi connectivity index (χ1n) is 43.3. The minimum Gasteiger partial charge on any atom is -0.380 e. The van der Waals surface area contributed by atoms with Crippen LogP contribution in [0, 0.1) is 54.1 Å². The summed E-state index contributed by atoms with van der Waals surface area (Å²) in [6.45, 7) is 75.0. The highest BCUT2D eigenvalue weighted by molar-refractivity contribution is 4.98. The summed E-state index contributed by atoms with van der Waals surface area (Å²) in [6.07, 6.45) is 26.7. The summed E-state index contributed by atoms with van der Waals surface area (Å²) in [6, 6.07) is 0. The summed E-state index contributed by atoms with van der Waals surface area (Å²) in [5.41, 5.74) is -2.15. The zero-order valence-electron chi connectivity index (χ0n) is 76.9. The number of hydrogen-bond donors (Lipinski definition) is 0. The Kier molecular flexibility index (Phi) is 62.5. The number of hydrogen-bond acceptors (Lipinski definition) is 2. The molecule has 3 unspecified atom stereocenters. The summed E-state index contributed by atoms with van der Waals surface area (Å²) in [4.78, 5) is 0. The first kappa shape index (κ1) is 122. The van der Waals surface area contributed by atoms with E-state index in [4.69, 9.17) is 9.47 Å². The first-order chi connectivity index (χ1) is 47.6. The lowest BCUT2D eigenvalue weighted by molar-refractivity contribution is -0.149. The van der Waals surface area contributed by atoms with Crippen molar-refractivity contribution >= 4 is 0 Å². The zero-order chi connectivity index (χ0) is 84.4. The van der Waals surface area contributed by atoms with Crippen molar-refractivity contribution in [2.75, 3.05) is 26.4 Å². The third kappa shape index (κ3) is 55.4. The fourth-order valence-electron chi connectivity index (χ4n) is 13.5. The molecule has 0 aromatic rings. The van der Waals surface area contributed by atoms with E-state index in [-0.39, 0.29) is 90.3 Å². The topological polar surface area (TPSA) is 18.5 Å². The third-order valence-corrected chi connectivity index (χ3v) is 27.7. The van der Waals surface area contributed by atoms with Gasteiger partial charge in [-0.2, -0.15) is 0 Å². The molecule has 3 fully saturated rings. The number of rotatable bonds is 41. The number of ether oxygens (including phenoxy) is 2. The van der Waals surface area contributed by atoms with E-state index in [0.29, 0.717) is 62.6 Å². The molecule has 107 heavy (non-hydrogen) atoms. The van der Waals surface area contributed by atoms with Gasteiger partial charge >= 0.3 is 0 Å². The molecule has 3 aliphatic rings. The fraction of sp³-hybridized carbons (Fsp3) is 1.00. The average Bonchev–Trinajstić information content (AvgIpc) is 1.66. The molecule has 2 aliphatic heterocycles. The summed E-state index contributed by atoms with van der Waals surface area (Å²) in [7, 11) is 0. The van der Waals surface area contributed by atoms with Crippen LogP contribution in [0.15, 0.2) is 0 Å². The second kappa shape index (κ2) is 54.9. The van der Waals surface area contributed by atoms with Gasteiger partial charge in [0.2, 0.25) is 17.8 Å². The molecule has 0 aromatic heterocycles. The molecular weight excluding hydrogens is 1370 g/mol. The molecule has 2 heterocycles. The predicted molar refractivity (Wildman–Crippen MR) is 456 cm³/mol. The van der Waals surface area contributed by atoms with Crippen LogP contribution < -0.4 is 0 Å². The highest BCUT2D eigenvalue weighted by Gasteiger charge is 2.48. The standard InChI is InChI=1S/C12H24O.2C11H23F.2C10H20F2.C10H19FO.C10H19F.C9H18F2.C9H19F.2CH4/c1-5-11(4,6-2)8-12(7-3)9-13-10-12;2*1-6-10(4,7-2)9-11(5,12)8-3;2*1-5-9(4,6-2)8-10(11,12)7-3;1-4-9(3,5-2)6-10(11)7-12-8-10;1-4-9(3,5-2)8-10(11)6-7-10;1-5-8(3,6-2)7-9(4,10)11;1-5-9(4,6-2)7-8(3)10;;/h5-10H2,1-4H3;2*6-9H2,1-5H3;2*5-8H2,1-4H3;4-8H2,1-3H3;4-8H2,1-3H3;5-7H2,1-4H3;8H,5-7H2,1-4H3;2*1H4. The van der Waals surface area contributed by atoms with Gasteiger partial charge in [-0.3, -0.25) is 0 Å². The quantitative estimate of drug-likeness (QED) is 0.0568. The van der Waals surface area contributed by atoms with Crippen molar-refractivity contribution in [2.24, 2.45) is 54.1 Å². The minimum absolute atomic E-state index is 0. The molecule has 0 spiro atoms. The number of halogens is 11. The molecular formula is C94H193F11O2. The van der Waals surface area contributed by atoms with E-state index >= 15 is 0 Å². The Balaban J connectivity index is -0.000000171. The molecule has 0 bridgehead atoms. The SMILES string of the molecule is C.C.CCC(C)(CC)CC(C)(F)F.CCC(C)(CC)CC(C)F.CCC(C)(CC)CC1(CC)COC1.CCC(C)(CC)CC1(F)CC1.CCC(C)(CC)CC1(F)COC1.CCC(C)(F)CC(C)(CC)CC.CCC(C)(F)CC(C)(CC)CC.CCC(F)(F)CC(C)(CC)CC.CCC(F)(F)CC(C)(CC)CC. The van der Waals surface area contributed by atoms with Gasteiger partial charge in [0.1, 0.15) is 17.0 Å². The lowest BCUT2D eigenvalue weighted by Crippen LogP contribution is -2.48. The predicted octanol–water partition coefficient (Wildman–Crippen LogP) is 36.1. The van der Waals surface area contributed by atoms with Crippen LogP contribution in [0.2, 0.25) is 0 Å². The molecule has 2 nitrogen and oxygen atoms in total. The van der Waals surface area contributed by atoms with Gasteiger partial charge in [0.05, 0.1) is 32.6 Å².